The van der Waals surface area contributed by atoms with Gasteiger partial charge in [-0.3, -0.25) is 4.79 Å². The van der Waals surface area contributed by atoms with Gasteiger partial charge in [0.05, 0.1) is 0 Å². The van der Waals surface area contributed by atoms with Crippen molar-refractivity contribution < 1.29 is 9.18 Å². The molecule has 5 heteroatoms. The van der Waals surface area contributed by atoms with Crippen molar-refractivity contribution in [1.29, 1.82) is 0 Å². The highest BCUT2D eigenvalue weighted by Crippen LogP contribution is 2.17. The second-order valence-electron chi connectivity index (χ2n) is 4.02. The summed E-state index contributed by atoms with van der Waals surface area (Å²) >= 11 is 0. The van der Waals surface area contributed by atoms with Gasteiger partial charge < -0.3 is 10.2 Å². The second-order valence-corrected chi connectivity index (χ2v) is 4.02. The summed E-state index contributed by atoms with van der Waals surface area (Å²) in [5.41, 5.74) is 1.15. The molecule has 0 radical (unpaired) electrons. The Morgan fingerprint density at radius 2 is 1.95 bits per heavy atom. The Labute approximate surface area is 110 Å². The van der Waals surface area contributed by atoms with Crippen molar-refractivity contribution in [3.63, 3.8) is 0 Å². The van der Waals surface area contributed by atoms with Crippen molar-refractivity contribution in [2.45, 2.75) is 0 Å². The number of rotatable bonds is 3. The number of benzene rings is 1. The molecule has 98 valence electrons. The molecule has 1 heterocycles. The number of nitrogens with zero attached hydrogens (tertiary/aromatic N) is 2. The molecule has 0 atom stereocenters. The van der Waals surface area contributed by atoms with Gasteiger partial charge in [-0.1, -0.05) is 0 Å². The minimum Gasteiger partial charge on any atom is -0.373 e. The van der Waals surface area contributed by atoms with Crippen LogP contribution >= 0.6 is 0 Å². The normalized spacial score (nSPS) is 10.1. The molecule has 0 aliphatic heterocycles. The zero-order chi connectivity index (χ0) is 13.8. The average molecular weight is 259 g/mol. The molecule has 0 unspecified atom stereocenters. The molecule has 0 saturated heterocycles. The van der Waals surface area contributed by atoms with Crippen LogP contribution in [0.4, 0.5) is 15.9 Å². The molecule has 19 heavy (non-hydrogen) atoms. The van der Waals surface area contributed by atoms with Crippen LogP contribution in [-0.2, 0) is 0 Å². The van der Waals surface area contributed by atoms with Crippen molar-refractivity contribution in [2.24, 2.45) is 0 Å². The van der Waals surface area contributed by atoms with E-state index in [0.29, 0.717) is 17.1 Å². The Morgan fingerprint density at radius 1 is 1.26 bits per heavy atom. The maximum absolute atomic E-state index is 12.9. The molecule has 0 saturated carbocycles. The molecule has 1 N–H and O–H groups in total. The first-order valence-electron chi connectivity index (χ1n) is 5.79. The molecule has 1 aromatic heterocycles. The molecular weight excluding hydrogens is 245 g/mol. The van der Waals surface area contributed by atoms with E-state index >= 15 is 0 Å². The molecule has 0 aliphatic rings. The van der Waals surface area contributed by atoms with E-state index in [2.05, 4.69) is 10.3 Å². The first kappa shape index (κ1) is 13.0. The predicted molar refractivity (Wildman–Crippen MR) is 72.9 cm³/mol. The fraction of sp³-hybridized carbons (Fsp3) is 0.143. The molecule has 0 bridgehead atoms. The topological polar surface area (TPSA) is 45.2 Å². The van der Waals surface area contributed by atoms with E-state index in [1.807, 2.05) is 0 Å². The summed E-state index contributed by atoms with van der Waals surface area (Å²) < 4.78 is 12.9. The van der Waals surface area contributed by atoms with Crippen LogP contribution < -0.4 is 10.2 Å². The van der Waals surface area contributed by atoms with Gasteiger partial charge in [0, 0.05) is 31.5 Å². The lowest BCUT2D eigenvalue weighted by molar-refractivity contribution is 0.0993. The van der Waals surface area contributed by atoms with Crippen molar-refractivity contribution in [1.82, 2.24) is 4.98 Å². The number of anilines is 2. The maximum Gasteiger partial charge on any atom is 0.258 e. The number of hydrogen-bond donors (Lipinski definition) is 1. The van der Waals surface area contributed by atoms with E-state index in [1.54, 1.807) is 44.6 Å². The van der Waals surface area contributed by atoms with E-state index in [9.17, 15) is 9.18 Å². The monoisotopic (exact) mass is 259 g/mol. The zero-order valence-corrected chi connectivity index (χ0v) is 10.7. The number of carbonyl (C=O) groups is 1. The summed E-state index contributed by atoms with van der Waals surface area (Å²) in [5, 5.41) is 2.88. The Balaban J connectivity index is 2.25. The van der Waals surface area contributed by atoms with Crippen LogP contribution in [0.2, 0.25) is 0 Å². The third-order valence-electron chi connectivity index (χ3n) is 2.78. The van der Waals surface area contributed by atoms with Crippen LogP contribution in [0, 0.1) is 5.82 Å². The smallest absolute Gasteiger partial charge is 0.258 e. The van der Waals surface area contributed by atoms with Gasteiger partial charge in [-0.25, -0.2) is 9.37 Å². The van der Waals surface area contributed by atoms with Crippen molar-refractivity contribution in [3.8, 4) is 0 Å². The predicted octanol–water partition coefficient (Wildman–Crippen LogP) is 2.54. The Morgan fingerprint density at radius 3 is 2.58 bits per heavy atom. The van der Waals surface area contributed by atoms with Gasteiger partial charge in [-0.15, -0.1) is 0 Å². The summed E-state index contributed by atoms with van der Waals surface area (Å²) in [6.07, 6.45) is 1.57. The lowest BCUT2D eigenvalue weighted by Crippen LogP contribution is -2.26. The number of aromatic nitrogens is 1. The SMILES string of the molecule is CNc1cc(C(=O)N(C)c2ccc(F)cc2)ccn1. The lowest BCUT2D eigenvalue weighted by Gasteiger charge is -2.17. The average Bonchev–Trinajstić information content (AvgIpc) is 2.46. The van der Waals surface area contributed by atoms with E-state index in [4.69, 9.17) is 0 Å². The lowest BCUT2D eigenvalue weighted by atomic mass is 10.2. The van der Waals surface area contributed by atoms with Crippen LogP contribution in [0.15, 0.2) is 42.6 Å². The molecular formula is C14H14FN3O. The minimum atomic E-state index is -0.328. The Hall–Kier alpha value is -2.43. The highest BCUT2D eigenvalue weighted by Gasteiger charge is 2.14. The summed E-state index contributed by atoms with van der Waals surface area (Å²) in [6.45, 7) is 0. The van der Waals surface area contributed by atoms with Gasteiger partial charge in [0.2, 0.25) is 0 Å². The largest absolute Gasteiger partial charge is 0.373 e. The number of hydrogen-bond acceptors (Lipinski definition) is 3. The van der Waals surface area contributed by atoms with Gasteiger partial charge >= 0.3 is 0 Å². The Bertz CT molecular complexity index is 583. The highest BCUT2D eigenvalue weighted by molar-refractivity contribution is 6.06. The van der Waals surface area contributed by atoms with Gasteiger partial charge in [-0.2, -0.15) is 0 Å². The van der Waals surface area contributed by atoms with Crippen LogP contribution in [0.5, 0.6) is 0 Å². The quantitative estimate of drug-likeness (QED) is 0.921. The first-order valence-corrected chi connectivity index (χ1v) is 5.79. The number of halogens is 1. The van der Waals surface area contributed by atoms with Crippen LogP contribution in [0.1, 0.15) is 10.4 Å². The molecule has 0 aliphatic carbocycles. The number of amides is 1. The van der Waals surface area contributed by atoms with Crippen molar-refractivity contribution in [3.05, 3.63) is 54.0 Å². The summed E-state index contributed by atoms with van der Waals surface area (Å²) in [6, 6.07) is 9.09. The molecule has 0 fully saturated rings. The number of pyridine rings is 1. The molecule has 1 aromatic carbocycles. The van der Waals surface area contributed by atoms with Gasteiger partial charge in [0.25, 0.3) is 5.91 Å². The minimum absolute atomic E-state index is 0.175. The fourth-order valence-corrected chi connectivity index (χ4v) is 1.68. The summed E-state index contributed by atoms with van der Waals surface area (Å²) in [5.74, 6) is 0.120. The summed E-state index contributed by atoms with van der Waals surface area (Å²) in [7, 11) is 3.38. The molecule has 4 nitrogen and oxygen atoms in total. The van der Waals surface area contributed by atoms with Crippen LogP contribution in [0.3, 0.4) is 0 Å². The van der Waals surface area contributed by atoms with Crippen molar-refractivity contribution in [2.75, 3.05) is 24.3 Å². The van der Waals surface area contributed by atoms with E-state index in [0.717, 1.165) is 0 Å². The van der Waals surface area contributed by atoms with E-state index in [1.165, 1.54) is 17.0 Å². The maximum atomic E-state index is 12.9. The third kappa shape index (κ3) is 2.88. The zero-order valence-electron chi connectivity index (χ0n) is 10.7. The first-order chi connectivity index (χ1) is 9.11. The fourth-order valence-electron chi connectivity index (χ4n) is 1.68. The van der Waals surface area contributed by atoms with E-state index in [-0.39, 0.29) is 11.7 Å². The number of nitrogens with one attached hydrogen (secondary N) is 1. The second kappa shape index (κ2) is 5.48. The van der Waals surface area contributed by atoms with Crippen molar-refractivity contribution >= 4 is 17.4 Å². The molecule has 1 amide bonds. The van der Waals surface area contributed by atoms with Gasteiger partial charge in [0.15, 0.2) is 0 Å². The highest BCUT2D eigenvalue weighted by atomic mass is 19.1. The molecule has 2 rings (SSSR count). The molecule has 2 aromatic rings. The Kier molecular flexibility index (Phi) is 3.75. The third-order valence-corrected chi connectivity index (χ3v) is 2.78. The molecule has 0 spiro atoms. The van der Waals surface area contributed by atoms with Gasteiger partial charge in [-0.05, 0) is 36.4 Å². The standard InChI is InChI=1S/C14H14FN3O/c1-16-13-9-10(7-8-17-13)14(19)18(2)12-5-3-11(15)4-6-12/h3-9H,1-2H3,(H,16,17). The van der Waals surface area contributed by atoms with E-state index < -0.39 is 0 Å². The van der Waals surface area contributed by atoms with Gasteiger partial charge in [0.1, 0.15) is 11.6 Å². The number of carbonyl (C=O) groups excluding carboxylic acids is 1. The summed E-state index contributed by atoms with van der Waals surface area (Å²) in [4.78, 5) is 17.8. The van der Waals surface area contributed by atoms with Crippen LogP contribution in [-0.4, -0.2) is 25.0 Å². The van der Waals surface area contributed by atoms with Crippen LogP contribution in [0.25, 0.3) is 0 Å².